The molecule has 0 radical (unpaired) electrons. The highest BCUT2D eigenvalue weighted by Crippen LogP contribution is 2.33. The lowest BCUT2D eigenvalue weighted by Crippen LogP contribution is -2.41. The molecular formula is C24H23N3O3S2. The highest BCUT2D eigenvalue weighted by atomic mass is 32.2. The summed E-state index contributed by atoms with van der Waals surface area (Å²) in [5.41, 5.74) is 1.22. The Morgan fingerprint density at radius 2 is 1.84 bits per heavy atom. The number of nitrogens with one attached hydrogen (secondary N) is 1. The third-order valence-corrected chi connectivity index (χ3v) is 9.01. The minimum absolute atomic E-state index is 0.00755. The van der Waals surface area contributed by atoms with Gasteiger partial charge in [0.15, 0.2) is 5.13 Å². The molecule has 1 atom stereocenters. The second-order valence-electron chi connectivity index (χ2n) is 8.09. The maximum atomic E-state index is 13.0. The lowest BCUT2D eigenvalue weighted by Gasteiger charge is -2.32. The molecule has 5 rings (SSSR count). The molecule has 0 aliphatic carbocycles. The third kappa shape index (κ3) is 3.79. The van der Waals surface area contributed by atoms with Crippen LogP contribution in [0.1, 0.15) is 36.5 Å². The number of carbonyl (C=O) groups is 1. The summed E-state index contributed by atoms with van der Waals surface area (Å²) in [5.74, 6) is -0.316. The van der Waals surface area contributed by atoms with Crippen LogP contribution < -0.4 is 5.32 Å². The van der Waals surface area contributed by atoms with Gasteiger partial charge in [-0.3, -0.25) is 10.1 Å². The van der Waals surface area contributed by atoms with Crippen LogP contribution in [0, 0.1) is 0 Å². The van der Waals surface area contributed by atoms with Crippen molar-refractivity contribution in [1.82, 2.24) is 9.29 Å². The summed E-state index contributed by atoms with van der Waals surface area (Å²) < 4.78 is 28.6. The molecule has 1 saturated heterocycles. The fourth-order valence-electron chi connectivity index (χ4n) is 4.22. The summed E-state index contributed by atoms with van der Waals surface area (Å²) in [6.45, 7) is 2.48. The number of carbonyl (C=O) groups excluding carboxylic acids is 1. The zero-order valence-electron chi connectivity index (χ0n) is 17.6. The van der Waals surface area contributed by atoms with Gasteiger partial charge in [0.25, 0.3) is 5.91 Å². The maximum Gasteiger partial charge on any atom is 0.257 e. The summed E-state index contributed by atoms with van der Waals surface area (Å²) in [7, 11) is -3.56. The summed E-state index contributed by atoms with van der Waals surface area (Å²) in [4.78, 5) is 17.5. The molecule has 1 aliphatic heterocycles. The number of rotatable bonds is 4. The van der Waals surface area contributed by atoms with Crippen molar-refractivity contribution in [2.45, 2.75) is 37.1 Å². The largest absolute Gasteiger partial charge is 0.298 e. The number of sulfonamides is 1. The van der Waals surface area contributed by atoms with Gasteiger partial charge in [-0.1, -0.05) is 48.1 Å². The lowest BCUT2D eigenvalue weighted by molar-refractivity contribution is 0.102. The fourth-order valence-corrected chi connectivity index (χ4v) is 6.92. The summed E-state index contributed by atoms with van der Waals surface area (Å²) >= 11 is 1.43. The van der Waals surface area contributed by atoms with Crippen molar-refractivity contribution in [2.24, 2.45) is 0 Å². The highest BCUT2D eigenvalue weighted by Gasteiger charge is 2.30. The Bertz CT molecular complexity index is 1410. The van der Waals surface area contributed by atoms with Crippen molar-refractivity contribution in [3.63, 3.8) is 0 Å². The molecule has 32 heavy (non-hydrogen) atoms. The highest BCUT2D eigenvalue weighted by molar-refractivity contribution is 7.89. The number of fused-ring (bicyclic) bond motifs is 3. The molecule has 0 spiro atoms. The van der Waals surface area contributed by atoms with E-state index in [0.29, 0.717) is 17.2 Å². The quantitative estimate of drug-likeness (QED) is 0.446. The molecule has 1 amide bonds. The van der Waals surface area contributed by atoms with E-state index in [1.807, 2.05) is 43.3 Å². The Kier molecular flexibility index (Phi) is 5.44. The molecule has 1 N–H and O–H groups in total. The molecule has 1 fully saturated rings. The van der Waals surface area contributed by atoms with Crippen molar-refractivity contribution in [2.75, 3.05) is 11.9 Å². The van der Waals surface area contributed by atoms with Gasteiger partial charge in [-0.25, -0.2) is 13.4 Å². The van der Waals surface area contributed by atoms with Crippen molar-refractivity contribution in [1.29, 1.82) is 0 Å². The first-order valence-electron chi connectivity index (χ1n) is 10.6. The van der Waals surface area contributed by atoms with E-state index in [1.165, 1.54) is 23.5 Å². The van der Waals surface area contributed by atoms with Crippen LogP contribution in [0.15, 0.2) is 65.6 Å². The number of thiazole rings is 1. The normalized spacial score (nSPS) is 17.6. The molecule has 1 aliphatic rings. The van der Waals surface area contributed by atoms with Crippen molar-refractivity contribution in [3.8, 4) is 0 Å². The topological polar surface area (TPSA) is 79.4 Å². The average Bonchev–Trinajstić information content (AvgIpc) is 3.22. The second kappa shape index (κ2) is 8.27. The number of anilines is 1. The standard InChI is InChI=1S/C24H23N3O3S2/c1-16-6-4-5-15-27(16)32(29,30)19-12-9-18(10-13-19)23(28)26-24-25-21-14-11-17-7-2-3-8-20(17)22(21)31-24/h2-3,7-14,16H,4-6,15H2,1H3,(H,25,26,28)/t16-/m1/s1. The van der Waals surface area contributed by atoms with E-state index in [0.717, 1.165) is 40.3 Å². The first kappa shape index (κ1) is 21.1. The predicted octanol–water partition coefficient (Wildman–Crippen LogP) is 5.26. The molecule has 3 aromatic carbocycles. The molecule has 6 nitrogen and oxygen atoms in total. The molecule has 8 heteroatoms. The number of aromatic nitrogens is 1. The molecule has 0 bridgehead atoms. The Morgan fingerprint density at radius 1 is 1.06 bits per heavy atom. The van der Waals surface area contributed by atoms with Crippen molar-refractivity contribution >= 4 is 53.4 Å². The minimum Gasteiger partial charge on any atom is -0.298 e. The maximum absolute atomic E-state index is 13.0. The second-order valence-corrected chi connectivity index (χ2v) is 11.0. The van der Waals surface area contributed by atoms with Crippen LogP contribution in [-0.2, 0) is 10.0 Å². The fraction of sp³-hybridized carbons (Fsp3) is 0.250. The smallest absolute Gasteiger partial charge is 0.257 e. The van der Waals surface area contributed by atoms with Crippen LogP contribution in [0.4, 0.5) is 5.13 Å². The summed E-state index contributed by atoms with van der Waals surface area (Å²) in [6.07, 6.45) is 2.80. The number of amides is 1. The summed E-state index contributed by atoms with van der Waals surface area (Å²) in [5, 5.41) is 5.59. The van der Waals surface area contributed by atoms with Crippen molar-refractivity contribution < 1.29 is 13.2 Å². The number of benzene rings is 3. The molecule has 164 valence electrons. The molecule has 2 heterocycles. The van der Waals surface area contributed by atoms with Gasteiger partial charge in [-0.05, 0) is 55.5 Å². The Morgan fingerprint density at radius 3 is 2.62 bits per heavy atom. The Balaban J connectivity index is 1.37. The van der Waals surface area contributed by atoms with E-state index >= 15 is 0 Å². The Hall–Kier alpha value is -2.81. The molecular weight excluding hydrogens is 442 g/mol. The first-order valence-corrected chi connectivity index (χ1v) is 12.9. The predicted molar refractivity (Wildman–Crippen MR) is 129 cm³/mol. The van der Waals surface area contributed by atoms with E-state index in [1.54, 1.807) is 16.4 Å². The SMILES string of the molecule is C[C@@H]1CCCCN1S(=O)(=O)c1ccc(C(=O)Nc2nc3ccc4ccccc4c3s2)cc1. The zero-order valence-corrected chi connectivity index (χ0v) is 19.2. The van der Waals surface area contributed by atoms with Crippen LogP contribution in [0.3, 0.4) is 0 Å². The van der Waals surface area contributed by atoms with Gasteiger partial charge in [-0.15, -0.1) is 0 Å². The average molecular weight is 466 g/mol. The number of nitrogens with zero attached hydrogens (tertiary/aromatic N) is 2. The number of hydrogen-bond donors (Lipinski definition) is 1. The van der Waals surface area contributed by atoms with Crippen LogP contribution >= 0.6 is 11.3 Å². The van der Waals surface area contributed by atoms with Gasteiger partial charge in [0.05, 0.1) is 15.1 Å². The van der Waals surface area contributed by atoms with Crippen LogP contribution in [0.5, 0.6) is 0 Å². The van der Waals surface area contributed by atoms with Gasteiger partial charge < -0.3 is 0 Å². The van der Waals surface area contributed by atoms with E-state index in [9.17, 15) is 13.2 Å². The van der Waals surface area contributed by atoms with E-state index in [-0.39, 0.29) is 16.8 Å². The van der Waals surface area contributed by atoms with Gasteiger partial charge >= 0.3 is 0 Å². The minimum atomic E-state index is -3.56. The molecule has 0 unspecified atom stereocenters. The summed E-state index contributed by atoms with van der Waals surface area (Å²) in [6, 6.07) is 18.2. The number of hydrogen-bond acceptors (Lipinski definition) is 5. The van der Waals surface area contributed by atoms with Crippen molar-refractivity contribution in [3.05, 3.63) is 66.2 Å². The van der Waals surface area contributed by atoms with E-state index < -0.39 is 10.0 Å². The molecule has 1 aromatic heterocycles. The van der Waals surface area contributed by atoms with Gasteiger partial charge in [0.1, 0.15) is 0 Å². The zero-order chi connectivity index (χ0) is 22.3. The van der Waals surface area contributed by atoms with Crippen LogP contribution in [-0.4, -0.2) is 36.2 Å². The first-order chi connectivity index (χ1) is 15.4. The molecule has 4 aromatic rings. The third-order valence-electron chi connectivity index (χ3n) is 5.97. The lowest BCUT2D eigenvalue weighted by atomic mass is 10.1. The van der Waals surface area contributed by atoms with Gasteiger partial charge in [0, 0.05) is 23.5 Å². The van der Waals surface area contributed by atoms with Crippen LogP contribution in [0.25, 0.3) is 21.0 Å². The van der Waals surface area contributed by atoms with Gasteiger partial charge in [-0.2, -0.15) is 4.31 Å². The van der Waals surface area contributed by atoms with Gasteiger partial charge in [0.2, 0.25) is 10.0 Å². The van der Waals surface area contributed by atoms with E-state index in [4.69, 9.17) is 0 Å². The van der Waals surface area contributed by atoms with Crippen LogP contribution in [0.2, 0.25) is 0 Å². The Labute approximate surface area is 190 Å². The van der Waals surface area contributed by atoms with E-state index in [2.05, 4.69) is 10.3 Å². The monoisotopic (exact) mass is 465 g/mol. The number of piperidine rings is 1. The molecule has 0 saturated carbocycles.